The predicted molar refractivity (Wildman–Crippen MR) is 146 cm³/mol. The van der Waals surface area contributed by atoms with E-state index < -0.39 is 11.9 Å². The number of nitrogens with zero attached hydrogens (tertiary/aromatic N) is 3. The zero-order valence-electron chi connectivity index (χ0n) is 22.0. The minimum Gasteiger partial charge on any atom is -0.481 e. The number of carbonyl (C=O) groups excluding carboxylic acids is 1. The summed E-state index contributed by atoms with van der Waals surface area (Å²) in [7, 11) is 3.15. The Morgan fingerprint density at radius 1 is 1.08 bits per heavy atom. The van der Waals surface area contributed by atoms with Crippen molar-refractivity contribution in [3.63, 3.8) is 0 Å². The molecule has 1 amide bonds. The Morgan fingerprint density at radius 2 is 1.79 bits per heavy atom. The van der Waals surface area contributed by atoms with Crippen molar-refractivity contribution in [1.29, 1.82) is 0 Å². The summed E-state index contributed by atoms with van der Waals surface area (Å²) in [5.41, 5.74) is 4.34. The highest BCUT2D eigenvalue weighted by Crippen LogP contribution is 2.40. The van der Waals surface area contributed by atoms with E-state index in [1.54, 1.807) is 36.3 Å². The van der Waals surface area contributed by atoms with Crippen LogP contribution < -0.4 is 4.90 Å². The average Bonchev–Trinajstić information content (AvgIpc) is 3.30. The quantitative estimate of drug-likeness (QED) is 0.404. The van der Waals surface area contributed by atoms with Gasteiger partial charge in [-0.15, -0.1) is 0 Å². The van der Waals surface area contributed by atoms with Crippen LogP contribution >= 0.6 is 11.6 Å². The van der Waals surface area contributed by atoms with Gasteiger partial charge in [-0.25, -0.2) is 9.78 Å². The summed E-state index contributed by atoms with van der Waals surface area (Å²) >= 11 is 6.07. The molecule has 1 aliphatic carbocycles. The smallest absolute Gasteiger partial charge is 0.414 e. The molecule has 3 aromatic rings. The fourth-order valence-corrected chi connectivity index (χ4v) is 6.26. The lowest BCUT2D eigenvalue weighted by atomic mass is 9.91. The first kappa shape index (κ1) is 26.5. The number of aromatic nitrogens is 2. The standard InChI is InChI=1S/C29H34ClN3O5/c1-17-4-13-22-24(32(17)29(36)38-3)14-15-25-27(22)31-26(33(25)20-9-11-21(37-2)12-10-20)16-23(28(34)35)18-5-7-19(30)8-6-18/h5-8,14-15,17,20-21,23H,4,9-13,16H2,1-3H3,(H,34,35)/t17-,20?,21?,23?/m0/s1. The molecule has 5 rings (SSSR count). The van der Waals surface area contributed by atoms with Gasteiger partial charge in [0, 0.05) is 36.2 Å². The van der Waals surface area contributed by atoms with Crippen LogP contribution in [0.15, 0.2) is 36.4 Å². The first-order valence-electron chi connectivity index (χ1n) is 13.2. The van der Waals surface area contributed by atoms with Crippen molar-refractivity contribution in [3.05, 3.63) is 58.4 Å². The number of hydrogen-bond donors (Lipinski definition) is 1. The van der Waals surface area contributed by atoms with Crippen molar-refractivity contribution in [3.8, 4) is 0 Å². The topological polar surface area (TPSA) is 93.9 Å². The van der Waals surface area contributed by atoms with Crippen LogP contribution in [0.1, 0.15) is 67.9 Å². The van der Waals surface area contributed by atoms with Crippen LogP contribution in [-0.2, 0) is 27.1 Å². The lowest BCUT2D eigenvalue weighted by molar-refractivity contribution is -0.138. The second-order valence-electron chi connectivity index (χ2n) is 10.4. The van der Waals surface area contributed by atoms with Crippen molar-refractivity contribution < 1.29 is 24.2 Å². The fourth-order valence-electron chi connectivity index (χ4n) is 6.14. The molecule has 2 aliphatic rings. The van der Waals surface area contributed by atoms with E-state index in [1.165, 1.54) is 7.11 Å². The normalized spacial score (nSPS) is 22.2. The van der Waals surface area contributed by atoms with Gasteiger partial charge >= 0.3 is 12.1 Å². The maximum Gasteiger partial charge on any atom is 0.414 e. The number of carboxylic acids is 1. The number of carbonyl (C=O) groups is 2. The van der Waals surface area contributed by atoms with Crippen molar-refractivity contribution in [1.82, 2.24) is 9.55 Å². The second-order valence-corrected chi connectivity index (χ2v) is 10.8. The largest absolute Gasteiger partial charge is 0.481 e. The number of halogens is 1. The third-order valence-electron chi connectivity index (χ3n) is 8.20. The Bertz CT molecular complexity index is 1330. The maximum absolute atomic E-state index is 12.6. The molecule has 0 saturated heterocycles. The number of anilines is 1. The van der Waals surface area contributed by atoms with Crippen LogP contribution in [0.3, 0.4) is 0 Å². The number of carboxylic acid groups (broad SMARTS) is 1. The van der Waals surface area contributed by atoms with Gasteiger partial charge in [0.1, 0.15) is 5.82 Å². The SMILES string of the molecule is COC(=O)N1c2ccc3c(nc(CC(C(=O)O)c4ccc(Cl)cc4)n3C3CCC(OC)CC3)c2CC[C@@H]1C. The molecule has 202 valence electrons. The van der Waals surface area contributed by atoms with Gasteiger partial charge in [0.15, 0.2) is 0 Å². The highest BCUT2D eigenvalue weighted by atomic mass is 35.5. The minimum absolute atomic E-state index is 0.0135. The first-order chi connectivity index (χ1) is 18.3. The van der Waals surface area contributed by atoms with E-state index in [4.69, 9.17) is 26.1 Å². The first-order valence-corrected chi connectivity index (χ1v) is 13.6. The molecule has 0 bridgehead atoms. The molecule has 2 aromatic carbocycles. The van der Waals surface area contributed by atoms with Crippen LogP contribution in [0.5, 0.6) is 0 Å². The molecule has 8 nitrogen and oxygen atoms in total. The third-order valence-corrected chi connectivity index (χ3v) is 8.45. The Hall–Kier alpha value is -3.10. The van der Waals surface area contributed by atoms with Gasteiger partial charge in [-0.1, -0.05) is 23.7 Å². The zero-order chi connectivity index (χ0) is 27.0. The van der Waals surface area contributed by atoms with Gasteiger partial charge in [0.25, 0.3) is 0 Å². The minimum atomic E-state index is -0.901. The average molecular weight is 540 g/mol. The number of amides is 1. The summed E-state index contributed by atoms with van der Waals surface area (Å²) in [6.07, 6.45) is 5.44. The number of rotatable bonds is 6. The summed E-state index contributed by atoms with van der Waals surface area (Å²) in [4.78, 5) is 31.9. The van der Waals surface area contributed by atoms with Crippen LogP contribution in [0.2, 0.25) is 5.02 Å². The summed E-state index contributed by atoms with van der Waals surface area (Å²) in [5, 5.41) is 10.8. The number of aryl methyl sites for hydroxylation is 1. The van der Waals surface area contributed by atoms with E-state index in [0.717, 1.165) is 66.6 Å². The summed E-state index contributed by atoms with van der Waals surface area (Å²) in [5.74, 6) is -0.915. The molecule has 1 unspecified atom stereocenters. The van der Waals surface area contributed by atoms with Gasteiger partial charge < -0.3 is 19.1 Å². The van der Waals surface area contributed by atoms with Crippen LogP contribution in [0, 0.1) is 0 Å². The van der Waals surface area contributed by atoms with E-state index in [0.29, 0.717) is 10.6 Å². The highest BCUT2D eigenvalue weighted by Gasteiger charge is 2.34. The van der Waals surface area contributed by atoms with E-state index in [1.807, 2.05) is 19.1 Å². The third kappa shape index (κ3) is 4.87. The van der Waals surface area contributed by atoms with Crippen molar-refractivity contribution in [2.75, 3.05) is 19.1 Å². The molecule has 2 heterocycles. The molecule has 0 spiro atoms. The lowest BCUT2D eigenvalue weighted by Crippen LogP contribution is -2.42. The monoisotopic (exact) mass is 539 g/mol. The summed E-state index contributed by atoms with van der Waals surface area (Å²) in [6.45, 7) is 2.02. The van der Waals surface area contributed by atoms with Gasteiger partial charge in [-0.3, -0.25) is 9.69 Å². The molecule has 9 heteroatoms. The van der Waals surface area contributed by atoms with Crippen LogP contribution in [0.25, 0.3) is 11.0 Å². The van der Waals surface area contributed by atoms with E-state index >= 15 is 0 Å². The molecule has 1 saturated carbocycles. The van der Waals surface area contributed by atoms with Crippen molar-refractivity contribution >= 4 is 40.4 Å². The summed E-state index contributed by atoms with van der Waals surface area (Å²) < 4.78 is 12.9. The lowest BCUT2D eigenvalue weighted by Gasteiger charge is -2.34. The number of methoxy groups -OCH3 is 2. The molecule has 1 N–H and O–H groups in total. The van der Waals surface area contributed by atoms with E-state index in [9.17, 15) is 14.7 Å². The Morgan fingerprint density at radius 3 is 2.42 bits per heavy atom. The Labute approximate surface area is 227 Å². The maximum atomic E-state index is 12.6. The summed E-state index contributed by atoms with van der Waals surface area (Å²) in [6, 6.07) is 11.2. The molecular formula is C29H34ClN3O5. The molecular weight excluding hydrogens is 506 g/mol. The van der Waals surface area contributed by atoms with Crippen LogP contribution in [-0.4, -0.2) is 53.1 Å². The predicted octanol–water partition coefficient (Wildman–Crippen LogP) is 6.14. The number of aliphatic carboxylic acids is 1. The zero-order valence-corrected chi connectivity index (χ0v) is 22.8. The Kier molecular flexibility index (Phi) is 7.63. The number of imidazole rings is 1. The van der Waals surface area contributed by atoms with E-state index in [2.05, 4.69) is 4.57 Å². The van der Waals surface area contributed by atoms with Gasteiger partial charge in [0.2, 0.25) is 0 Å². The number of fused-ring (bicyclic) bond motifs is 3. The molecule has 0 radical (unpaired) electrons. The molecule has 38 heavy (non-hydrogen) atoms. The molecule has 2 atom stereocenters. The molecule has 1 aliphatic heterocycles. The molecule has 1 fully saturated rings. The Balaban J connectivity index is 1.63. The fraction of sp³-hybridized carbons (Fsp3) is 0.483. The van der Waals surface area contributed by atoms with Crippen molar-refractivity contribution in [2.45, 2.75) is 76.0 Å². The second kappa shape index (κ2) is 10.9. The number of benzene rings is 2. The van der Waals surface area contributed by atoms with Gasteiger partial charge in [-0.2, -0.15) is 0 Å². The van der Waals surface area contributed by atoms with Crippen molar-refractivity contribution in [2.24, 2.45) is 0 Å². The highest BCUT2D eigenvalue weighted by molar-refractivity contribution is 6.30. The van der Waals surface area contributed by atoms with Gasteiger partial charge in [0.05, 0.1) is 35.9 Å². The van der Waals surface area contributed by atoms with Crippen LogP contribution in [0.4, 0.5) is 10.5 Å². The number of ether oxygens (including phenoxy) is 2. The van der Waals surface area contributed by atoms with Gasteiger partial charge in [-0.05, 0) is 75.3 Å². The number of hydrogen-bond acceptors (Lipinski definition) is 5. The molecule has 1 aromatic heterocycles. The van der Waals surface area contributed by atoms with E-state index in [-0.39, 0.29) is 30.7 Å².